The molecule has 0 aromatic heterocycles. The van der Waals surface area contributed by atoms with Crippen LogP contribution in [0, 0.1) is 5.92 Å². The summed E-state index contributed by atoms with van der Waals surface area (Å²) in [7, 11) is 0. The summed E-state index contributed by atoms with van der Waals surface area (Å²) in [6.07, 6.45) is 5.82. The summed E-state index contributed by atoms with van der Waals surface area (Å²) in [6, 6.07) is 10.1. The van der Waals surface area contributed by atoms with Crippen molar-refractivity contribution >= 4 is 0 Å². The quantitative estimate of drug-likeness (QED) is 0.640. The van der Waals surface area contributed by atoms with E-state index in [-0.39, 0.29) is 0 Å². The van der Waals surface area contributed by atoms with Gasteiger partial charge in [0.1, 0.15) is 0 Å². The molecule has 3 unspecified atom stereocenters. The van der Waals surface area contributed by atoms with Gasteiger partial charge >= 0.3 is 0 Å². The molecular formula is C15H19N. The highest BCUT2D eigenvalue weighted by molar-refractivity contribution is 5.35. The standard InChI is InChI=1S/C15H19N/c1-2-6-13-12(4-1)10-16-9-8-11-5-3-7-14(13)15(11)16/h1-2,4,6,11,14-15H,3,5,7-10H2. The molecule has 3 atom stereocenters. The Kier molecular flexibility index (Phi) is 1.92. The van der Waals surface area contributed by atoms with Crippen LogP contribution in [0.25, 0.3) is 0 Å². The van der Waals surface area contributed by atoms with Crippen molar-refractivity contribution in [1.82, 2.24) is 4.90 Å². The maximum absolute atomic E-state index is 2.76. The Labute approximate surface area is 97.5 Å². The van der Waals surface area contributed by atoms with Crippen LogP contribution in [-0.4, -0.2) is 17.5 Å². The lowest BCUT2D eigenvalue weighted by Gasteiger charge is -2.43. The Balaban J connectivity index is 1.82. The average Bonchev–Trinajstić information content (AvgIpc) is 2.75. The van der Waals surface area contributed by atoms with Crippen molar-refractivity contribution in [3.63, 3.8) is 0 Å². The van der Waals surface area contributed by atoms with Crippen molar-refractivity contribution in [3.8, 4) is 0 Å². The number of rotatable bonds is 0. The van der Waals surface area contributed by atoms with E-state index in [9.17, 15) is 0 Å². The molecule has 2 aliphatic heterocycles. The van der Waals surface area contributed by atoms with Gasteiger partial charge in [0, 0.05) is 18.5 Å². The van der Waals surface area contributed by atoms with Gasteiger partial charge in [0.25, 0.3) is 0 Å². The van der Waals surface area contributed by atoms with Gasteiger partial charge in [-0.25, -0.2) is 0 Å². The molecule has 1 aromatic carbocycles. The molecule has 84 valence electrons. The first kappa shape index (κ1) is 9.23. The van der Waals surface area contributed by atoms with Crippen LogP contribution in [0.3, 0.4) is 0 Å². The minimum atomic E-state index is 0.853. The molecule has 0 N–H and O–H groups in total. The van der Waals surface area contributed by atoms with Crippen LogP contribution in [0.15, 0.2) is 24.3 Å². The smallest absolute Gasteiger partial charge is 0.0239 e. The largest absolute Gasteiger partial charge is 0.295 e. The first-order valence-corrected chi connectivity index (χ1v) is 6.75. The van der Waals surface area contributed by atoms with Crippen LogP contribution in [0.4, 0.5) is 0 Å². The van der Waals surface area contributed by atoms with E-state index in [1.807, 2.05) is 0 Å². The molecule has 1 heteroatoms. The molecule has 2 fully saturated rings. The lowest BCUT2D eigenvalue weighted by Crippen LogP contribution is -2.43. The number of hydrogen-bond acceptors (Lipinski definition) is 1. The zero-order valence-electron chi connectivity index (χ0n) is 9.73. The molecule has 1 nitrogen and oxygen atoms in total. The van der Waals surface area contributed by atoms with Crippen molar-refractivity contribution in [2.45, 2.75) is 44.2 Å². The van der Waals surface area contributed by atoms with E-state index in [0.29, 0.717) is 0 Å². The Morgan fingerprint density at radius 1 is 1.06 bits per heavy atom. The molecule has 0 spiro atoms. The normalized spacial score (nSPS) is 36.9. The van der Waals surface area contributed by atoms with Crippen LogP contribution in [0.1, 0.15) is 42.7 Å². The van der Waals surface area contributed by atoms with E-state index in [0.717, 1.165) is 17.9 Å². The summed E-state index contributed by atoms with van der Waals surface area (Å²) in [5, 5.41) is 0. The first-order chi connectivity index (χ1) is 7.93. The second kappa shape index (κ2) is 3.33. The van der Waals surface area contributed by atoms with Gasteiger partial charge in [0.15, 0.2) is 0 Å². The molecule has 0 radical (unpaired) electrons. The fourth-order valence-corrected chi connectivity index (χ4v) is 4.40. The van der Waals surface area contributed by atoms with Gasteiger partial charge in [-0.1, -0.05) is 30.7 Å². The molecule has 1 aliphatic carbocycles. The van der Waals surface area contributed by atoms with E-state index >= 15 is 0 Å². The third-order valence-corrected chi connectivity index (χ3v) is 5.02. The third-order valence-electron chi connectivity index (χ3n) is 5.02. The number of benzene rings is 1. The molecular weight excluding hydrogens is 194 g/mol. The lowest BCUT2D eigenvalue weighted by molar-refractivity contribution is 0.135. The van der Waals surface area contributed by atoms with Gasteiger partial charge in [-0.05, 0) is 42.9 Å². The Hall–Kier alpha value is -0.820. The van der Waals surface area contributed by atoms with Crippen molar-refractivity contribution in [1.29, 1.82) is 0 Å². The minimum Gasteiger partial charge on any atom is -0.295 e. The minimum absolute atomic E-state index is 0.853. The van der Waals surface area contributed by atoms with Crippen LogP contribution in [-0.2, 0) is 6.54 Å². The van der Waals surface area contributed by atoms with E-state index in [1.165, 1.54) is 38.8 Å². The van der Waals surface area contributed by atoms with Crippen LogP contribution < -0.4 is 0 Å². The summed E-state index contributed by atoms with van der Waals surface area (Å²) >= 11 is 0. The van der Waals surface area contributed by atoms with E-state index < -0.39 is 0 Å². The molecule has 1 saturated heterocycles. The van der Waals surface area contributed by atoms with Gasteiger partial charge in [0.05, 0.1) is 0 Å². The highest BCUT2D eigenvalue weighted by Gasteiger charge is 2.45. The zero-order valence-corrected chi connectivity index (χ0v) is 9.73. The van der Waals surface area contributed by atoms with E-state index in [1.54, 1.807) is 11.1 Å². The van der Waals surface area contributed by atoms with Gasteiger partial charge in [0.2, 0.25) is 0 Å². The molecule has 0 amide bonds. The predicted octanol–water partition coefficient (Wildman–Crippen LogP) is 3.16. The van der Waals surface area contributed by atoms with Gasteiger partial charge < -0.3 is 0 Å². The Morgan fingerprint density at radius 3 is 3.00 bits per heavy atom. The van der Waals surface area contributed by atoms with Gasteiger partial charge in [-0.3, -0.25) is 4.90 Å². The number of hydrogen-bond donors (Lipinski definition) is 0. The molecule has 2 heterocycles. The zero-order chi connectivity index (χ0) is 10.5. The number of fused-ring (bicyclic) bond motifs is 2. The first-order valence-electron chi connectivity index (χ1n) is 6.75. The highest BCUT2D eigenvalue weighted by atomic mass is 15.2. The number of nitrogens with zero attached hydrogens (tertiary/aromatic N) is 1. The SMILES string of the molecule is c1ccc2c(c1)CN1CCC3CCCC2C31. The summed E-state index contributed by atoms with van der Waals surface area (Å²) < 4.78 is 0. The third kappa shape index (κ3) is 1.15. The Bertz CT molecular complexity index is 412. The van der Waals surface area contributed by atoms with Crippen LogP contribution >= 0.6 is 0 Å². The van der Waals surface area contributed by atoms with Crippen molar-refractivity contribution in [2.24, 2.45) is 5.92 Å². The fourth-order valence-electron chi connectivity index (χ4n) is 4.40. The molecule has 1 aromatic rings. The van der Waals surface area contributed by atoms with Gasteiger partial charge in [-0.2, -0.15) is 0 Å². The summed E-state index contributed by atoms with van der Waals surface area (Å²) in [5.74, 6) is 1.86. The molecule has 0 bridgehead atoms. The molecule has 16 heavy (non-hydrogen) atoms. The summed E-state index contributed by atoms with van der Waals surface area (Å²) in [6.45, 7) is 2.56. The molecule has 1 saturated carbocycles. The molecule has 4 rings (SSSR count). The summed E-state index contributed by atoms with van der Waals surface area (Å²) in [4.78, 5) is 2.76. The monoisotopic (exact) mass is 213 g/mol. The fraction of sp³-hybridized carbons (Fsp3) is 0.600. The predicted molar refractivity (Wildman–Crippen MR) is 65.3 cm³/mol. The summed E-state index contributed by atoms with van der Waals surface area (Å²) in [5.41, 5.74) is 3.28. The average molecular weight is 213 g/mol. The topological polar surface area (TPSA) is 3.24 Å². The van der Waals surface area contributed by atoms with Crippen LogP contribution in [0.5, 0.6) is 0 Å². The second-order valence-corrected chi connectivity index (χ2v) is 5.75. The lowest BCUT2D eigenvalue weighted by atomic mass is 9.71. The van der Waals surface area contributed by atoms with Crippen molar-refractivity contribution in [2.75, 3.05) is 6.54 Å². The van der Waals surface area contributed by atoms with Crippen molar-refractivity contribution < 1.29 is 0 Å². The van der Waals surface area contributed by atoms with E-state index in [2.05, 4.69) is 29.2 Å². The maximum atomic E-state index is 2.76. The highest BCUT2D eigenvalue weighted by Crippen LogP contribution is 2.48. The van der Waals surface area contributed by atoms with Crippen LogP contribution in [0.2, 0.25) is 0 Å². The van der Waals surface area contributed by atoms with Crippen molar-refractivity contribution in [3.05, 3.63) is 35.4 Å². The maximum Gasteiger partial charge on any atom is 0.0239 e. The van der Waals surface area contributed by atoms with E-state index in [4.69, 9.17) is 0 Å². The Morgan fingerprint density at radius 2 is 2.00 bits per heavy atom. The van der Waals surface area contributed by atoms with Gasteiger partial charge in [-0.15, -0.1) is 0 Å². The second-order valence-electron chi connectivity index (χ2n) is 5.75. The molecule has 3 aliphatic rings.